The van der Waals surface area contributed by atoms with E-state index in [-0.39, 0.29) is 17.0 Å². The van der Waals surface area contributed by atoms with Gasteiger partial charge in [0.05, 0.1) is 6.42 Å². The zero-order valence-electron chi connectivity index (χ0n) is 10.2. The van der Waals surface area contributed by atoms with E-state index in [9.17, 15) is 9.18 Å². The number of benzene rings is 1. The summed E-state index contributed by atoms with van der Waals surface area (Å²) in [7, 11) is 0. The molecule has 7 heteroatoms. The van der Waals surface area contributed by atoms with Crippen molar-refractivity contribution in [2.24, 2.45) is 0 Å². The zero-order valence-corrected chi connectivity index (χ0v) is 11.0. The number of halogens is 2. The number of nitrogens with one attached hydrogen (secondary N) is 1. The summed E-state index contributed by atoms with van der Waals surface area (Å²) in [4.78, 5) is 11.8. The molecule has 0 saturated carbocycles. The summed E-state index contributed by atoms with van der Waals surface area (Å²) in [5, 5.41) is 10.3. The fraction of sp³-hybridized carbons (Fsp3) is 0.250. The molecule has 0 saturated heterocycles. The van der Waals surface area contributed by atoms with Gasteiger partial charge in [-0.15, -0.1) is 10.2 Å². The van der Waals surface area contributed by atoms with Crippen LogP contribution in [0.5, 0.6) is 0 Å². The first-order valence-electron chi connectivity index (χ1n) is 5.72. The van der Waals surface area contributed by atoms with Gasteiger partial charge in [0.1, 0.15) is 12.1 Å². The Morgan fingerprint density at radius 2 is 2.32 bits per heavy atom. The number of nitrogens with zero attached hydrogens (tertiary/aromatic N) is 3. The van der Waals surface area contributed by atoms with Crippen LogP contribution in [0.4, 0.5) is 10.3 Å². The van der Waals surface area contributed by atoms with Crippen molar-refractivity contribution >= 4 is 23.5 Å². The molecule has 1 heterocycles. The molecule has 0 aliphatic heterocycles. The second-order valence-corrected chi connectivity index (χ2v) is 4.27. The highest BCUT2D eigenvalue weighted by atomic mass is 35.5. The van der Waals surface area contributed by atoms with Crippen LogP contribution in [-0.2, 0) is 17.8 Å². The lowest BCUT2D eigenvalue weighted by Crippen LogP contribution is -2.18. The molecule has 1 amide bonds. The third-order valence-corrected chi connectivity index (χ3v) is 2.96. The predicted octanol–water partition coefficient (Wildman–Crippen LogP) is 2.27. The highest BCUT2D eigenvalue weighted by Crippen LogP contribution is 2.19. The largest absolute Gasteiger partial charge is 0.300 e. The number of aromatic nitrogens is 3. The third-order valence-electron chi connectivity index (χ3n) is 2.61. The van der Waals surface area contributed by atoms with Crippen molar-refractivity contribution in [2.75, 3.05) is 5.32 Å². The van der Waals surface area contributed by atoms with E-state index in [4.69, 9.17) is 11.6 Å². The van der Waals surface area contributed by atoms with Crippen molar-refractivity contribution in [3.8, 4) is 0 Å². The molecule has 2 aromatic rings. The summed E-state index contributed by atoms with van der Waals surface area (Å²) >= 11 is 5.86. The highest BCUT2D eigenvalue weighted by molar-refractivity contribution is 6.31. The molecular formula is C12H12ClFN4O. The SMILES string of the molecule is CCn1cnnc1NC(=O)Cc1c(F)cccc1Cl. The van der Waals surface area contributed by atoms with Crippen LogP contribution in [0.25, 0.3) is 0 Å². The monoisotopic (exact) mass is 282 g/mol. The summed E-state index contributed by atoms with van der Waals surface area (Å²) in [6, 6.07) is 4.30. The fourth-order valence-corrected chi connectivity index (χ4v) is 1.84. The van der Waals surface area contributed by atoms with Gasteiger partial charge in [-0.25, -0.2) is 4.39 Å². The Balaban J connectivity index is 2.10. The minimum atomic E-state index is -0.500. The normalized spacial score (nSPS) is 10.5. The number of hydrogen-bond donors (Lipinski definition) is 1. The average Bonchev–Trinajstić information content (AvgIpc) is 2.81. The number of rotatable bonds is 4. The van der Waals surface area contributed by atoms with Crippen LogP contribution < -0.4 is 5.32 Å². The van der Waals surface area contributed by atoms with Crippen LogP contribution in [0.3, 0.4) is 0 Å². The lowest BCUT2D eigenvalue weighted by Gasteiger charge is -2.07. The molecule has 1 N–H and O–H groups in total. The van der Waals surface area contributed by atoms with Gasteiger partial charge in [0, 0.05) is 17.1 Å². The summed E-state index contributed by atoms with van der Waals surface area (Å²) in [6.45, 7) is 2.52. The Hall–Kier alpha value is -1.95. The molecule has 1 aromatic heterocycles. The molecule has 0 spiro atoms. The van der Waals surface area contributed by atoms with E-state index in [1.54, 1.807) is 10.6 Å². The number of carbonyl (C=O) groups excluding carboxylic acids is 1. The van der Waals surface area contributed by atoms with Gasteiger partial charge in [-0.3, -0.25) is 10.1 Å². The van der Waals surface area contributed by atoms with E-state index in [2.05, 4.69) is 15.5 Å². The van der Waals surface area contributed by atoms with E-state index in [0.29, 0.717) is 12.5 Å². The van der Waals surface area contributed by atoms with Gasteiger partial charge < -0.3 is 4.57 Å². The molecule has 1 aromatic carbocycles. The van der Waals surface area contributed by atoms with Crippen LogP contribution in [0, 0.1) is 5.82 Å². The lowest BCUT2D eigenvalue weighted by molar-refractivity contribution is -0.115. The Morgan fingerprint density at radius 3 is 3.00 bits per heavy atom. The first-order chi connectivity index (χ1) is 9.11. The molecule has 19 heavy (non-hydrogen) atoms. The van der Waals surface area contributed by atoms with Gasteiger partial charge in [0.15, 0.2) is 0 Å². The Bertz CT molecular complexity index is 579. The van der Waals surface area contributed by atoms with Gasteiger partial charge in [0.25, 0.3) is 0 Å². The van der Waals surface area contributed by atoms with Gasteiger partial charge in [-0.2, -0.15) is 0 Å². The predicted molar refractivity (Wildman–Crippen MR) is 69.4 cm³/mol. The maximum Gasteiger partial charge on any atom is 0.231 e. The Labute approximate surface area is 114 Å². The van der Waals surface area contributed by atoms with Gasteiger partial charge >= 0.3 is 0 Å². The van der Waals surface area contributed by atoms with Crippen LogP contribution >= 0.6 is 11.6 Å². The number of amides is 1. The topological polar surface area (TPSA) is 59.8 Å². The van der Waals surface area contributed by atoms with E-state index in [1.165, 1.54) is 18.5 Å². The summed E-state index contributed by atoms with van der Waals surface area (Å²) in [5.41, 5.74) is 0.171. The van der Waals surface area contributed by atoms with Crippen molar-refractivity contribution in [2.45, 2.75) is 19.9 Å². The van der Waals surface area contributed by atoms with Crippen molar-refractivity contribution < 1.29 is 9.18 Å². The van der Waals surface area contributed by atoms with Crippen LogP contribution in [-0.4, -0.2) is 20.7 Å². The molecule has 5 nitrogen and oxygen atoms in total. The smallest absolute Gasteiger partial charge is 0.231 e. The summed E-state index contributed by atoms with van der Waals surface area (Å²) in [5.74, 6) is -0.561. The van der Waals surface area contributed by atoms with Gasteiger partial charge in [-0.05, 0) is 19.1 Å². The van der Waals surface area contributed by atoms with E-state index in [1.807, 2.05) is 6.92 Å². The fourth-order valence-electron chi connectivity index (χ4n) is 1.61. The minimum Gasteiger partial charge on any atom is -0.300 e. The molecule has 0 bridgehead atoms. The zero-order chi connectivity index (χ0) is 13.8. The molecule has 0 unspecified atom stereocenters. The summed E-state index contributed by atoms with van der Waals surface area (Å²) in [6.07, 6.45) is 1.35. The van der Waals surface area contributed by atoms with Crippen molar-refractivity contribution in [1.82, 2.24) is 14.8 Å². The molecule has 0 atom stereocenters. The molecule has 100 valence electrons. The van der Waals surface area contributed by atoms with Gasteiger partial charge in [-0.1, -0.05) is 17.7 Å². The Kier molecular flexibility index (Phi) is 4.11. The molecular weight excluding hydrogens is 271 g/mol. The first kappa shape index (κ1) is 13.5. The second-order valence-electron chi connectivity index (χ2n) is 3.87. The van der Waals surface area contributed by atoms with E-state index in [0.717, 1.165) is 0 Å². The van der Waals surface area contributed by atoms with E-state index >= 15 is 0 Å². The molecule has 0 fully saturated rings. The van der Waals surface area contributed by atoms with Crippen LogP contribution in [0.2, 0.25) is 5.02 Å². The maximum absolute atomic E-state index is 13.5. The number of hydrogen-bond acceptors (Lipinski definition) is 3. The molecule has 0 radical (unpaired) electrons. The molecule has 0 aliphatic carbocycles. The van der Waals surface area contributed by atoms with Crippen molar-refractivity contribution in [1.29, 1.82) is 0 Å². The molecule has 0 aliphatic rings. The third kappa shape index (κ3) is 3.08. The van der Waals surface area contributed by atoms with Crippen LogP contribution in [0.15, 0.2) is 24.5 Å². The average molecular weight is 283 g/mol. The number of aryl methyl sites for hydroxylation is 1. The number of carbonyl (C=O) groups is 1. The van der Waals surface area contributed by atoms with Gasteiger partial charge in [0.2, 0.25) is 11.9 Å². The lowest BCUT2D eigenvalue weighted by atomic mass is 10.1. The quantitative estimate of drug-likeness (QED) is 0.936. The first-order valence-corrected chi connectivity index (χ1v) is 6.10. The minimum absolute atomic E-state index is 0.151. The maximum atomic E-state index is 13.5. The highest BCUT2D eigenvalue weighted by Gasteiger charge is 2.13. The Morgan fingerprint density at radius 1 is 1.53 bits per heavy atom. The van der Waals surface area contributed by atoms with Crippen molar-refractivity contribution in [3.63, 3.8) is 0 Å². The van der Waals surface area contributed by atoms with E-state index < -0.39 is 11.7 Å². The molecule has 2 rings (SSSR count). The van der Waals surface area contributed by atoms with Crippen LogP contribution in [0.1, 0.15) is 12.5 Å². The number of anilines is 1. The second kappa shape index (κ2) is 5.79. The van der Waals surface area contributed by atoms with Crippen molar-refractivity contribution in [3.05, 3.63) is 40.9 Å². The summed E-state index contributed by atoms with van der Waals surface area (Å²) < 4.78 is 15.2. The standard InChI is InChI=1S/C12H12ClFN4O/c1-2-18-7-15-17-12(18)16-11(19)6-8-9(13)4-3-5-10(8)14/h3-5,7H,2,6H2,1H3,(H,16,17,19).